The molecule has 1 aromatic heterocycles. The van der Waals surface area contributed by atoms with Gasteiger partial charge < -0.3 is 29.8 Å². The first-order valence-electron chi connectivity index (χ1n) is 9.28. The maximum Gasteiger partial charge on any atom is 0.506 e. The van der Waals surface area contributed by atoms with E-state index in [1.807, 2.05) is 6.92 Å². The van der Waals surface area contributed by atoms with Crippen molar-refractivity contribution in [3.8, 4) is 11.5 Å². The van der Waals surface area contributed by atoms with Gasteiger partial charge in [-0.1, -0.05) is 6.92 Å². The first kappa shape index (κ1) is 23.4. The predicted octanol–water partition coefficient (Wildman–Crippen LogP) is 2.16. The van der Waals surface area contributed by atoms with Gasteiger partial charge in [-0.2, -0.15) is 5.10 Å². The lowest BCUT2D eigenvalue weighted by atomic mass is 10.0. The number of benzene rings is 1. The molecule has 12 nitrogen and oxygen atoms in total. The Bertz CT molecular complexity index is 972. The second-order valence-electron chi connectivity index (χ2n) is 6.35. The van der Waals surface area contributed by atoms with Gasteiger partial charge in [0.25, 0.3) is 0 Å². The van der Waals surface area contributed by atoms with Gasteiger partial charge in [0.15, 0.2) is 17.2 Å². The standard InChI is InChI=1S/C19H24N4O8/c1-5-6-15(24)30-9-23-21-16(10(2)31-19(26)27)17(22-23)18(25)11-7-13(28-3)14(29-4)8-12(11)20/h7-8,10H,5-6,9,20H2,1-4H3,(H,26,27). The summed E-state index contributed by atoms with van der Waals surface area (Å²) in [5.74, 6) is -0.531. The lowest BCUT2D eigenvalue weighted by Gasteiger charge is -2.12. The quantitative estimate of drug-likeness (QED) is 0.318. The molecule has 1 atom stereocenters. The van der Waals surface area contributed by atoms with Crippen molar-refractivity contribution < 1.29 is 38.4 Å². The van der Waals surface area contributed by atoms with Gasteiger partial charge in [0.05, 0.1) is 19.8 Å². The smallest absolute Gasteiger partial charge is 0.493 e. The second-order valence-corrected chi connectivity index (χ2v) is 6.35. The van der Waals surface area contributed by atoms with Crippen LogP contribution in [0.5, 0.6) is 11.5 Å². The molecule has 0 bridgehead atoms. The van der Waals surface area contributed by atoms with Gasteiger partial charge in [-0.15, -0.1) is 9.90 Å². The molecule has 2 rings (SSSR count). The number of ether oxygens (including phenoxy) is 4. The van der Waals surface area contributed by atoms with E-state index in [2.05, 4.69) is 10.2 Å². The lowest BCUT2D eigenvalue weighted by molar-refractivity contribution is -0.148. The molecule has 0 radical (unpaired) electrons. The minimum Gasteiger partial charge on any atom is -0.493 e. The van der Waals surface area contributed by atoms with Crippen molar-refractivity contribution in [2.45, 2.75) is 39.5 Å². The van der Waals surface area contributed by atoms with Crippen molar-refractivity contribution in [1.82, 2.24) is 15.0 Å². The third-order valence-electron chi connectivity index (χ3n) is 4.15. The molecule has 0 saturated heterocycles. The fourth-order valence-corrected chi connectivity index (χ4v) is 2.69. The molecule has 0 fully saturated rings. The van der Waals surface area contributed by atoms with E-state index in [0.29, 0.717) is 12.2 Å². The molecule has 1 aromatic carbocycles. The minimum atomic E-state index is -1.56. The second kappa shape index (κ2) is 10.3. The van der Waals surface area contributed by atoms with Crippen molar-refractivity contribution >= 4 is 23.6 Å². The minimum absolute atomic E-state index is 0.0384. The van der Waals surface area contributed by atoms with E-state index in [9.17, 15) is 14.4 Å². The summed E-state index contributed by atoms with van der Waals surface area (Å²) in [6, 6.07) is 2.79. The van der Waals surface area contributed by atoms with Crippen LogP contribution in [0.1, 0.15) is 54.5 Å². The number of hydrogen-bond donors (Lipinski definition) is 2. The summed E-state index contributed by atoms with van der Waals surface area (Å²) >= 11 is 0. The van der Waals surface area contributed by atoms with Gasteiger partial charge in [-0.3, -0.25) is 9.59 Å². The molecular formula is C19H24N4O8. The molecular weight excluding hydrogens is 412 g/mol. The molecule has 0 aliphatic carbocycles. The molecule has 3 N–H and O–H groups in total. The molecule has 0 aliphatic rings. The number of carbonyl (C=O) groups excluding carboxylic acids is 2. The van der Waals surface area contributed by atoms with E-state index in [4.69, 9.17) is 29.8 Å². The number of nitrogen functional groups attached to an aromatic ring is 1. The molecule has 168 valence electrons. The van der Waals surface area contributed by atoms with E-state index in [1.54, 1.807) is 0 Å². The first-order chi connectivity index (χ1) is 14.7. The van der Waals surface area contributed by atoms with Gasteiger partial charge in [0.1, 0.15) is 11.8 Å². The average Bonchev–Trinajstić information content (AvgIpc) is 3.15. The third-order valence-corrected chi connectivity index (χ3v) is 4.15. The summed E-state index contributed by atoms with van der Waals surface area (Å²) < 4.78 is 20.1. The van der Waals surface area contributed by atoms with E-state index >= 15 is 0 Å². The van der Waals surface area contributed by atoms with Crippen molar-refractivity contribution in [2.24, 2.45) is 0 Å². The summed E-state index contributed by atoms with van der Waals surface area (Å²) in [6.07, 6.45) is -1.87. The third kappa shape index (κ3) is 5.62. The van der Waals surface area contributed by atoms with Crippen LogP contribution in [0.3, 0.4) is 0 Å². The van der Waals surface area contributed by atoms with Crippen LogP contribution in [-0.2, 0) is 21.0 Å². The average molecular weight is 436 g/mol. The molecule has 0 saturated carbocycles. The molecule has 0 aliphatic heterocycles. The number of methoxy groups -OCH3 is 2. The van der Waals surface area contributed by atoms with Crippen LogP contribution in [0.15, 0.2) is 12.1 Å². The summed E-state index contributed by atoms with van der Waals surface area (Å²) in [6.45, 7) is 2.85. The molecule has 0 amide bonds. The zero-order chi connectivity index (χ0) is 23.1. The van der Waals surface area contributed by atoms with Crippen molar-refractivity contribution in [3.05, 3.63) is 29.1 Å². The highest BCUT2D eigenvalue weighted by molar-refractivity contribution is 6.12. The van der Waals surface area contributed by atoms with Crippen LogP contribution in [0.25, 0.3) is 0 Å². The van der Waals surface area contributed by atoms with Gasteiger partial charge in [-0.05, 0) is 19.4 Å². The highest BCUT2D eigenvalue weighted by Gasteiger charge is 2.28. The SMILES string of the molecule is CCCC(=O)OCn1nc(C(=O)c2cc(OC)c(OC)cc2N)c(C(C)OC(=O)O)n1. The lowest BCUT2D eigenvalue weighted by Crippen LogP contribution is -2.13. The Morgan fingerprint density at radius 3 is 2.39 bits per heavy atom. The van der Waals surface area contributed by atoms with Crippen molar-refractivity contribution in [3.63, 3.8) is 0 Å². The van der Waals surface area contributed by atoms with Crippen LogP contribution in [0.4, 0.5) is 10.5 Å². The highest BCUT2D eigenvalue weighted by Crippen LogP contribution is 2.33. The largest absolute Gasteiger partial charge is 0.506 e. The van der Waals surface area contributed by atoms with Crippen LogP contribution < -0.4 is 15.2 Å². The fourth-order valence-electron chi connectivity index (χ4n) is 2.69. The highest BCUT2D eigenvalue weighted by atomic mass is 16.7. The van der Waals surface area contributed by atoms with E-state index in [0.717, 1.165) is 4.80 Å². The Kier molecular flexibility index (Phi) is 7.77. The fraction of sp³-hybridized carbons (Fsp3) is 0.421. The van der Waals surface area contributed by atoms with Crippen molar-refractivity contribution in [2.75, 3.05) is 20.0 Å². The monoisotopic (exact) mass is 436 g/mol. The van der Waals surface area contributed by atoms with Gasteiger partial charge in [0.2, 0.25) is 12.5 Å². The van der Waals surface area contributed by atoms with Crippen LogP contribution >= 0.6 is 0 Å². The number of carbonyl (C=O) groups is 3. The van der Waals surface area contributed by atoms with Gasteiger partial charge in [-0.25, -0.2) is 4.79 Å². The van der Waals surface area contributed by atoms with Crippen LogP contribution in [0.2, 0.25) is 0 Å². The number of esters is 1. The summed E-state index contributed by atoms with van der Waals surface area (Å²) in [5, 5.41) is 17.1. The molecule has 1 unspecified atom stereocenters. The van der Waals surface area contributed by atoms with E-state index in [-0.39, 0.29) is 41.5 Å². The topological polar surface area (TPSA) is 165 Å². The number of rotatable bonds is 10. The Hall–Kier alpha value is -3.83. The van der Waals surface area contributed by atoms with Crippen LogP contribution in [0, 0.1) is 0 Å². The number of anilines is 1. The number of carboxylic acid groups (broad SMARTS) is 1. The molecule has 12 heteroatoms. The number of hydrogen-bond acceptors (Lipinski definition) is 10. The van der Waals surface area contributed by atoms with E-state index in [1.165, 1.54) is 33.3 Å². The van der Waals surface area contributed by atoms with Crippen molar-refractivity contribution in [1.29, 1.82) is 0 Å². The summed E-state index contributed by atoms with van der Waals surface area (Å²) in [7, 11) is 2.82. The van der Waals surface area contributed by atoms with Gasteiger partial charge >= 0.3 is 12.1 Å². The Morgan fingerprint density at radius 1 is 1.16 bits per heavy atom. The molecule has 31 heavy (non-hydrogen) atoms. The normalized spacial score (nSPS) is 11.5. The number of nitrogens with zero attached hydrogens (tertiary/aromatic N) is 3. The van der Waals surface area contributed by atoms with E-state index < -0.39 is 24.0 Å². The Labute approximate surface area is 177 Å². The molecule has 0 spiro atoms. The van der Waals surface area contributed by atoms with Gasteiger partial charge in [0, 0.05) is 18.2 Å². The Morgan fingerprint density at radius 2 is 1.81 bits per heavy atom. The zero-order valence-corrected chi connectivity index (χ0v) is 17.6. The summed E-state index contributed by atoms with van der Waals surface area (Å²) in [4.78, 5) is 36.7. The number of nitrogens with two attached hydrogens (primary N) is 1. The molecule has 1 heterocycles. The maximum atomic E-state index is 13.2. The number of aromatic nitrogens is 3. The predicted molar refractivity (Wildman–Crippen MR) is 106 cm³/mol. The first-order valence-corrected chi connectivity index (χ1v) is 9.28. The van der Waals surface area contributed by atoms with Crippen LogP contribution in [-0.4, -0.2) is 52.2 Å². The number of ketones is 1. The Balaban J connectivity index is 2.46. The molecule has 2 aromatic rings. The maximum absolute atomic E-state index is 13.2. The zero-order valence-electron chi connectivity index (χ0n) is 17.6. The summed E-state index contributed by atoms with van der Waals surface area (Å²) in [5.41, 5.74) is 5.85.